The maximum atomic E-state index is 14.0. The number of hydrogen-bond acceptors (Lipinski definition) is 4. The van der Waals surface area contributed by atoms with Crippen molar-refractivity contribution in [1.82, 2.24) is 10.2 Å². The molecule has 0 fully saturated rings. The summed E-state index contributed by atoms with van der Waals surface area (Å²) in [5.74, 6) is -0.598. The predicted molar refractivity (Wildman–Crippen MR) is 156 cm³/mol. The van der Waals surface area contributed by atoms with Gasteiger partial charge in [0, 0.05) is 18.1 Å². The van der Waals surface area contributed by atoms with Crippen LogP contribution in [0.4, 0.5) is 5.69 Å². The Bertz CT molecular complexity index is 1410. The highest BCUT2D eigenvalue weighted by Gasteiger charge is 2.33. The zero-order valence-electron chi connectivity index (χ0n) is 23.0. The summed E-state index contributed by atoms with van der Waals surface area (Å²) < 4.78 is 28.9. The molecule has 0 aromatic heterocycles. The van der Waals surface area contributed by atoms with E-state index >= 15 is 0 Å². The third-order valence-electron chi connectivity index (χ3n) is 6.32. The van der Waals surface area contributed by atoms with Gasteiger partial charge < -0.3 is 10.2 Å². The van der Waals surface area contributed by atoms with Gasteiger partial charge in [0.25, 0.3) is 10.0 Å². The first-order chi connectivity index (χ1) is 18.4. The number of rotatable bonds is 11. The normalized spacial score (nSPS) is 12.2. The van der Waals surface area contributed by atoms with Gasteiger partial charge in [0.15, 0.2) is 0 Å². The minimum Gasteiger partial charge on any atom is -0.354 e. The van der Waals surface area contributed by atoms with Crippen LogP contribution in [-0.4, -0.2) is 44.3 Å². The first-order valence-electron chi connectivity index (χ1n) is 12.9. The Morgan fingerprint density at radius 3 is 2.23 bits per heavy atom. The van der Waals surface area contributed by atoms with Gasteiger partial charge in [0.1, 0.15) is 12.6 Å². The van der Waals surface area contributed by atoms with E-state index in [1.54, 1.807) is 49.4 Å². The van der Waals surface area contributed by atoms with Crippen molar-refractivity contribution in [2.75, 3.05) is 17.4 Å². The van der Waals surface area contributed by atoms with Crippen LogP contribution in [0.2, 0.25) is 5.02 Å². The number of nitrogens with zero attached hydrogens (tertiary/aromatic N) is 2. The van der Waals surface area contributed by atoms with Gasteiger partial charge in [-0.05, 0) is 68.1 Å². The van der Waals surface area contributed by atoms with E-state index in [4.69, 9.17) is 11.6 Å². The second kappa shape index (κ2) is 13.1. The van der Waals surface area contributed by atoms with Crippen molar-refractivity contribution in [2.24, 2.45) is 5.92 Å². The summed E-state index contributed by atoms with van der Waals surface area (Å²) in [5, 5.41) is 3.38. The number of carbonyl (C=O) groups is 2. The smallest absolute Gasteiger partial charge is 0.264 e. The van der Waals surface area contributed by atoms with E-state index in [1.165, 1.54) is 17.0 Å². The van der Waals surface area contributed by atoms with Crippen molar-refractivity contribution in [2.45, 2.75) is 52.1 Å². The van der Waals surface area contributed by atoms with Crippen molar-refractivity contribution in [3.63, 3.8) is 0 Å². The van der Waals surface area contributed by atoms with E-state index in [-0.39, 0.29) is 23.3 Å². The second-order valence-electron chi connectivity index (χ2n) is 10.1. The molecule has 3 rings (SSSR count). The number of sulfonamides is 1. The molecule has 0 saturated carbocycles. The largest absolute Gasteiger partial charge is 0.354 e. The zero-order chi connectivity index (χ0) is 28.7. The molecule has 7 nitrogen and oxygen atoms in total. The van der Waals surface area contributed by atoms with Crippen LogP contribution >= 0.6 is 11.6 Å². The fourth-order valence-electron chi connectivity index (χ4n) is 4.19. The first kappa shape index (κ1) is 30.2. The lowest BCUT2D eigenvalue weighted by molar-refractivity contribution is -0.139. The fourth-order valence-corrected chi connectivity index (χ4v) is 5.90. The van der Waals surface area contributed by atoms with Crippen LogP contribution in [-0.2, 0) is 26.2 Å². The Morgan fingerprint density at radius 2 is 1.62 bits per heavy atom. The third kappa shape index (κ3) is 7.83. The van der Waals surface area contributed by atoms with Crippen molar-refractivity contribution < 1.29 is 18.0 Å². The molecular formula is C30H36ClN3O4S. The van der Waals surface area contributed by atoms with Gasteiger partial charge in [-0.25, -0.2) is 8.42 Å². The minimum atomic E-state index is -4.10. The van der Waals surface area contributed by atoms with Crippen LogP contribution < -0.4 is 9.62 Å². The number of halogens is 1. The molecule has 1 atom stereocenters. The molecule has 3 aromatic rings. The van der Waals surface area contributed by atoms with Crippen LogP contribution in [0.3, 0.4) is 0 Å². The first-order valence-corrected chi connectivity index (χ1v) is 14.7. The van der Waals surface area contributed by atoms with E-state index in [9.17, 15) is 18.0 Å². The summed E-state index contributed by atoms with van der Waals surface area (Å²) in [5.41, 5.74) is 2.81. The number of anilines is 1. The standard InChI is InChI=1S/C30H36ClN3O4S/c1-21(2)18-32-30(36)24(5)33(19-25-10-9-11-26(31)17-25)29(35)20-34(28-15-14-22(3)16-23(28)4)39(37,38)27-12-7-6-8-13-27/h6-17,21,24H,18-20H2,1-5H3,(H,32,36)/t24-/m1/s1. The highest BCUT2D eigenvalue weighted by molar-refractivity contribution is 7.92. The lowest BCUT2D eigenvalue weighted by Gasteiger charge is -2.32. The Kier molecular flexibility index (Phi) is 10.2. The summed E-state index contributed by atoms with van der Waals surface area (Å²) in [6, 6.07) is 19.6. The van der Waals surface area contributed by atoms with E-state index in [0.717, 1.165) is 15.4 Å². The number of carbonyl (C=O) groups excluding carboxylic acids is 2. The molecule has 0 aliphatic rings. The Morgan fingerprint density at radius 1 is 0.923 bits per heavy atom. The van der Waals surface area contributed by atoms with Crippen LogP contribution in [0.15, 0.2) is 77.7 Å². The number of amides is 2. The van der Waals surface area contributed by atoms with Crippen molar-refractivity contribution in [3.05, 3.63) is 94.5 Å². The Balaban J connectivity index is 2.03. The van der Waals surface area contributed by atoms with E-state index in [0.29, 0.717) is 22.8 Å². The van der Waals surface area contributed by atoms with Gasteiger partial charge in [0.2, 0.25) is 11.8 Å². The van der Waals surface area contributed by atoms with Gasteiger partial charge in [0.05, 0.1) is 10.6 Å². The maximum absolute atomic E-state index is 14.0. The van der Waals surface area contributed by atoms with Crippen molar-refractivity contribution >= 4 is 39.1 Å². The summed E-state index contributed by atoms with van der Waals surface area (Å²) in [7, 11) is -4.10. The zero-order valence-corrected chi connectivity index (χ0v) is 24.6. The molecule has 0 aliphatic heterocycles. The molecule has 3 aromatic carbocycles. The number of benzene rings is 3. The number of nitrogens with one attached hydrogen (secondary N) is 1. The van der Waals surface area contributed by atoms with E-state index in [1.807, 2.05) is 45.9 Å². The van der Waals surface area contributed by atoms with Gasteiger partial charge in [-0.3, -0.25) is 13.9 Å². The van der Waals surface area contributed by atoms with Gasteiger partial charge in [-0.15, -0.1) is 0 Å². The average molecular weight is 570 g/mol. The SMILES string of the molecule is Cc1ccc(N(CC(=O)N(Cc2cccc(Cl)c2)[C@H](C)C(=O)NCC(C)C)S(=O)(=O)c2ccccc2)c(C)c1. The molecule has 0 unspecified atom stereocenters. The molecule has 0 spiro atoms. The minimum absolute atomic E-state index is 0.0712. The fraction of sp³-hybridized carbons (Fsp3) is 0.333. The number of aryl methyl sites for hydroxylation is 2. The quantitative estimate of drug-likeness (QED) is 0.338. The topological polar surface area (TPSA) is 86.8 Å². The Hall–Kier alpha value is -3.36. The Labute approximate surface area is 236 Å². The highest BCUT2D eigenvalue weighted by Crippen LogP contribution is 2.28. The second-order valence-corrected chi connectivity index (χ2v) is 12.4. The summed E-state index contributed by atoms with van der Waals surface area (Å²) >= 11 is 6.19. The summed E-state index contributed by atoms with van der Waals surface area (Å²) in [6.45, 7) is 9.40. The van der Waals surface area contributed by atoms with Gasteiger partial charge in [-0.2, -0.15) is 0 Å². The lowest BCUT2D eigenvalue weighted by Crippen LogP contribution is -2.51. The summed E-state index contributed by atoms with van der Waals surface area (Å²) in [4.78, 5) is 28.5. The van der Waals surface area contributed by atoms with Crippen LogP contribution in [0.5, 0.6) is 0 Å². The van der Waals surface area contributed by atoms with Gasteiger partial charge >= 0.3 is 0 Å². The van der Waals surface area contributed by atoms with Crippen LogP contribution in [0.1, 0.15) is 37.5 Å². The molecule has 0 radical (unpaired) electrons. The molecule has 2 amide bonds. The molecule has 0 saturated heterocycles. The molecule has 39 heavy (non-hydrogen) atoms. The maximum Gasteiger partial charge on any atom is 0.264 e. The molecule has 9 heteroatoms. The monoisotopic (exact) mass is 569 g/mol. The van der Waals surface area contributed by atoms with Crippen LogP contribution in [0, 0.1) is 19.8 Å². The van der Waals surface area contributed by atoms with Gasteiger partial charge in [-0.1, -0.05) is 73.5 Å². The third-order valence-corrected chi connectivity index (χ3v) is 8.33. The molecule has 1 N–H and O–H groups in total. The molecule has 0 bridgehead atoms. The van der Waals surface area contributed by atoms with E-state index < -0.39 is 28.5 Å². The molecule has 208 valence electrons. The van der Waals surface area contributed by atoms with E-state index in [2.05, 4.69) is 5.32 Å². The lowest BCUT2D eigenvalue weighted by atomic mass is 10.1. The summed E-state index contributed by atoms with van der Waals surface area (Å²) in [6.07, 6.45) is 0. The predicted octanol–water partition coefficient (Wildman–Crippen LogP) is 5.34. The highest BCUT2D eigenvalue weighted by atomic mass is 35.5. The molecule has 0 heterocycles. The molecular weight excluding hydrogens is 534 g/mol. The molecule has 0 aliphatic carbocycles. The van der Waals surface area contributed by atoms with Crippen molar-refractivity contribution in [1.29, 1.82) is 0 Å². The van der Waals surface area contributed by atoms with Crippen LogP contribution in [0.25, 0.3) is 0 Å². The van der Waals surface area contributed by atoms with Crippen molar-refractivity contribution in [3.8, 4) is 0 Å². The number of hydrogen-bond donors (Lipinski definition) is 1. The average Bonchev–Trinajstić information content (AvgIpc) is 2.89.